The molecule has 1 aliphatic rings. The van der Waals surface area contributed by atoms with Gasteiger partial charge in [-0.15, -0.1) is 23.1 Å². The number of benzene rings is 1. The second kappa shape index (κ2) is 8.01. The van der Waals surface area contributed by atoms with Gasteiger partial charge in [0.2, 0.25) is 5.91 Å². The van der Waals surface area contributed by atoms with Crippen LogP contribution >= 0.6 is 23.1 Å². The van der Waals surface area contributed by atoms with Gasteiger partial charge in [-0.05, 0) is 37.6 Å². The summed E-state index contributed by atoms with van der Waals surface area (Å²) >= 11 is 2.77. The number of thioether (sulfide) groups is 1. The first-order chi connectivity index (χ1) is 12.5. The highest BCUT2D eigenvalue weighted by atomic mass is 32.2. The number of methoxy groups -OCH3 is 1. The van der Waals surface area contributed by atoms with Crippen LogP contribution in [0.1, 0.15) is 20.8 Å². The van der Waals surface area contributed by atoms with Gasteiger partial charge in [0.1, 0.15) is 18.2 Å². The van der Waals surface area contributed by atoms with Crippen LogP contribution in [0.4, 0.5) is 5.00 Å². The molecule has 0 atom stereocenters. The molecule has 1 aromatic carbocycles. The van der Waals surface area contributed by atoms with Gasteiger partial charge >= 0.3 is 5.97 Å². The summed E-state index contributed by atoms with van der Waals surface area (Å²) in [5.74, 6) is 1.00. The van der Waals surface area contributed by atoms with Gasteiger partial charge in [0.25, 0.3) is 0 Å². The molecule has 0 radical (unpaired) electrons. The van der Waals surface area contributed by atoms with Gasteiger partial charge in [-0.3, -0.25) is 4.79 Å². The van der Waals surface area contributed by atoms with Crippen LogP contribution in [0, 0.1) is 13.8 Å². The third-order valence-corrected chi connectivity index (χ3v) is 6.03. The second-order valence-electron chi connectivity index (χ2n) is 5.62. The van der Waals surface area contributed by atoms with Crippen LogP contribution in [-0.2, 0) is 9.53 Å². The summed E-state index contributed by atoms with van der Waals surface area (Å²) in [6, 6.07) is 5.60. The average Bonchev–Trinajstić information content (AvgIpc) is 2.92. The molecule has 8 heteroatoms. The van der Waals surface area contributed by atoms with Gasteiger partial charge in [0.05, 0.1) is 18.4 Å². The fourth-order valence-corrected chi connectivity index (χ4v) is 4.28. The highest BCUT2D eigenvalue weighted by Gasteiger charge is 2.21. The molecule has 3 rings (SSSR count). The number of anilines is 1. The van der Waals surface area contributed by atoms with Gasteiger partial charge in [0, 0.05) is 9.77 Å². The van der Waals surface area contributed by atoms with Gasteiger partial charge < -0.3 is 19.5 Å². The van der Waals surface area contributed by atoms with Crippen molar-refractivity contribution in [2.24, 2.45) is 0 Å². The predicted molar refractivity (Wildman–Crippen MR) is 102 cm³/mol. The van der Waals surface area contributed by atoms with E-state index in [1.807, 2.05) is 32.0 Å². The number of aryl methyl sites for hydroxylation is 1. The van der Waals surface area contributed by atoms with E-state index in [0.29, 0.717) is 29.5 Å². The van der Waals surface area contributed by atoms with Crippen LogP contribution in [-0.4, -0.2) is 38.0 Å². The van der Waals surface area contributed by atoms with E-state index in [9.17, 15) is 9.59 Å². The first kappa shape index (κ1) is 18.6. The van der Waals surface area contributed by atoms with Crippen molar-refractivity contribution in [1.29, 1.82) is 0 Å². The Kier molecular flexibility index (Phi) is 5.73. The van der Waals surface area contributed by atoms with Crippen LogP contribution in [0.3, 0.4) is 0 Å². The monoisotopic (exact) mass is 393 g/mol. The van der Waals surface area contributed by atoms with Crippen molar-refractivity contribution in [2.45, 2.75) is 18.7 Å². The Bertz CT molecular complexity index is 846. The molecule has 0 saturated heterocycles. The van der Waals surface area contributed by atoms with E-state index in [1.54, 1.807) is 0 Å². The van der Waals surface area contributed by atoms with Crippen molar-refractivity contribution in [3.8, 4) is 11.5 Å². The van der Waals surface area contributed by atoms with Gasteiger partial charge in [-0.2, -0.15) is 0 Å². The van der Waals surface area contributed by atoms with Gasteiger partial charge in [-0.1, -0.05) is 0 Å². The van der Waals surface area contributed by atoms with Crippen molar-refractivity contribution in [3.05, 3.63) is 34.2 Å². The summed E-state index contributed by atoms with van der Waals surface area (Å²) < 4.78 is 15.9. The number of hydrogen-bond donors (Lipinski definition) is 1. The summed E-state index contributed by atoms with van der Waals surface area (Å²) in [6.45, 7) is 4.82. The first-order valence-electron chi connectivity index (χ1n) is 8.00. The molecule has 2 heterocycles. The van der Waals surface area contributed by atoms with E-state index in [2.05, 4.69) is 5.32 Å². The van der Waals surface area contributed by atoms with Crippen LogP contribution in [0.5, 0.6) is 11.5 Å². The number of hydrogen-bond acceptors (Lipinski definition) is 7. The largest absolute Gasteiger partial charge is 0.486 e. The van der Waals surface area contributed by atoms with Crippen LogP contribution in [0.25, 0.3) is 0 Å². The van der Waals surface area contributed by atoms with Crippen LogP contribution in [0.2, 0.25) is 0 Å². The summed E-state index contributed by atoms with van der Waals surface area (Å²) in [6.07, 6.45) is 0. The lowest BCUT2D eigenvalue weighted by atomic mass is 10.1. The SMILES string of the molecule is COC(=O)c1c(NC(=O)CSc2ccc3c(c2)OCCO3)sc(C)c1C. The number of rotatable bonds is 5. The Balaban J connectivity index is 1.65. The van der Waals surface area contributed by atoms with Crippen molar-refractivity contribution >= 4 is 40.0 Å². The summed E-state index contributed by atoms with van der Waals surface area (Å²) in [5, 5.41) is 3.35. The number of thiophene rings is 1. The summed E-state index contributed by atoms with van der Waals surface area (Å²) in [5.41, 5.74) is 1.25. The third-order valence-electron chi connectivity index (χ3n) is 3.91. The molecular formula is C18H19NO5S2. The molecule has 1 aliphatic heterocycles. The first-order valence-corrected chi connectivity index (χ1v) is 9.80. The number of carbonyl (C=O) groups excluding carboxylic acids is 2. The Morgan fingerprint density at radius 3 is 2.69 bits per heavy atom. The summed E-state index contributed by atoms with van der Waals surface area (Å²) in [4.78, 5) is 26.2. The fourth-order valence-electron chi connectivity index (χ4n) is 2.49. The molecular weight excluding hydrogens is 374 g/mol. The number of esters is 1. The predicted octanol–water partition coefficient (Wildman–Crippen LogP) is 3.65. The highest BCUT2D eigenvalue weighted by molar-refractivity contribution is 8.00. The van der Waals surface area contributed by atoms with Crippen molar-refractivity contribution in [2.75, 3.05) is 31.4 Å². The molecule has 0 saturated carbocycles. The van der Waals surface area contributed by atoms with E-state index in [4.69, 9.17) is 14.2 Å². The Morgan fingerprint density at radius 1 is 1.23 bits per heavy atom. The Labute approximate surface area is 159 Å². The normalized spacial score (nSPS) is 12.6. The lowest BCUT2D eigenvalue weighted by Gasteiger charge is -2.18. The highest BCUT2D eigenvalue weighted by Crippen LogP contribution is 2.35. The zero-order valence-corrected chi connectivity index (χ0v) is 16.3. The zero-order valence-electron chi connectivity index (χ0n) is 14.7. The van der Waals surface area contributed by atoms with E-state index < -0.39 is 5.97 Å². The molecule has 6 nitrogen and oxygen atoms in total. The maximum Gasteiger partial charge on any atom is 0.341 e. The quantitative estimate of drug-likeness (QED) is 0.617. The molecule has 1 N–H and O–H groups in total. The molecule has 1 aromatic heterocycles. The molecule has 0 fully saturated rings. The Morgan fingerprint density at radius 2 is 1.96 bits per heavy atom. The lowest BCUT2D eigenvalue weighted by molar-refractivity contribution is -0.113. The minimum absolute atomic E-state index is 0.184. The van der Waals surface area contributed by atoms with E-state index in [1.165, 1.54) is 30.2 Å². The van der Waals surface area contributed by atoms with E-state index >= 15 is 0 Å². The van der Waals surface area contributed by atoms with Gasteiger partial charge in [0.15, 0.2) is 11.5 Å². The smallest absolute Gasteiger partial charge is 0.341 e. The van der Waals surface area contributed by atoms with Crippen molar-refractivity contribution in [1.82, 2.24) is 0 Å². The number of fused-ring (bicyclic) bond motifs is 1. The Hall–Kier alpha value is -2.19. The summed E-state index contributed by atoms with van der Waals surface area (Å²) in [7, 11) is 1.33. The number of amides is 1. The van der Waals surface area contributed by atoms with Crippen molar-refractivity contribution < 1.29 is 23.8 Å². The van der Waals surface area contributed by atoms with Crippen molar-refractivity contribution in [3.63, 3.8) is 0 Å². The molecule has 0 aliphatic carbocycles. The number of carbonyl (C=O) groups is 2. The fraction of sp³-hybridized carbons (Fsp3) is 0.333. The zero-order chi connectivity index (χ0) is 18.7. The maximum atomic E-state index is 12.3. The number of ether oxygens (including phenoxy) is 3. The molecule has 26 heavy (non-hydrogen) atoms. The molecule has 0 bridgehead atoms. The maximum absolute atomic E-state index is 12.3. The second-order valence-corrected chi connectivity index (χ2v) is 7.89. The van der Waals surface area contributed by atoms with Crippen LogP contribution < -0.4 is 14.8 Å². The molecule has 2 aromatic rings. The van der Waals surface area contributed by atoms with Gasteiger partial charge in [-0.25, -0.2) is 4.79 Å². The van der Waals surface area contributed by atoms with Crippen LogP contribution in [0.15, 0.2) is 23.1 Å². The minimum atomic E-state index is -0.443. The molecule has 0 unspecified atom stereocenters. The topological polar surface area (TPSA) is 73.9 Å². The standard InChI is InChI=1S/C18H19NO5S2/c1-10-11(2)26-17(16(10)18(21)22-3)19-15(20)9-25-12-4-5-13-14(8-12)24-7-6-23-13/h4-5,8H,6-7,9H2,1-3H3,(H,19,20). The lowest BCUT2D eigenvalue weighted by Crippen LogP contribution is -2.16. The average molecular weight is 393 g/mol. The third kappa shape index (κ3) is 3.96. The molecule has 138 valence electrons. The van der Waals surface area contributed by atoms with E-state index in [-0.39, 0.29) is 11.7 Å². The molecule has 0 spiro atoms. The molecule has 1 amide bonds. The van der Waals surface area contributed by atoms with E-state index in [0.717, 1.165) is 21.1 Å². The minimum Gasteiger partial charge on any atom is -0.486 e. The number of nitrogens with one attached hydrogen (secondary N) is 1.